The number of nitrogens with zero attached hydrogens (tertiary/aromatic N) is 1. The number of ether oxygens (including phenoxy) is 2. The van der Waals surface area contributed by atoms with Gasteiger partial charge in [0.15, 0.2) is 0 Å². The Morgan fingerprint density at radius 3 is 2.70 bits per heavy atom. The van der Waals surface area contributed by atoms with E-state index < -0.39 is 6.09 Å². The number of hydrogen-bond donors (Lipinski definition) is 2. The summed E-state index contributed by atoms with van der Waals surface area (Å²) in [5, 5.41) is 0.862. The number of pyridine rings is 1. The largest absolute Gasteiger partial charge is 0.496 e. The van der Waals surface area contributed by atoms with Crippen LogP contribution in [0.5, 0.6) is 5.75 Å². The predicted molar refractivity (Wildman–Crippen MR) is 118 cm³/mol. The van der Waals surface area contributed by atoms with Gasteiger partial charge in [0.1, 0.15) is 10.4 Å². The standard InChI is InChI=1S/C22H21N3O4S/c1-11-8-15(28-3)16(17-18(11)25-21(26)20-19(17)24-10-30-20)14-6-4-13(5-7-14)12(2)9-29-22(23)27/h4-8,10,12H,9H2,1-3H3,(H2,23,27)(H,25,26). The minimum atomic E-state index is -0.782. The molecule has 0 radical (unpaired) electrons. The molecule has 2 aromatic heterocycles. The molecule has 154 valence electrons. The fraction of sp³-hybridized carbons (Fsp3) is 0.227. The van der Waals surface area contributed by atoms with E-state index in [-0.39, 0.29) is 18.1 Å². The van der Waals surface area contributed by atoms with Crippen LogP contribution in [-0.4, -0.2) is 29.8 Å². The summed E-state index contributed by atoms with van der Waals surface area (Å²) < 4.78 is 11.2. The summed E-state index contributed by atoms with van der Waals surface area (Å²) >= 11 is 1.32. The highest BCUT2D eigenvalue weighted by Gasteiger charge is 2.19. The van der Waals surface area contributed by atoms with Crippen molar-refractivity contribution in [3.05, 3.63) is 57.3 Å². The van der Waals surface area contributed by atoms with Crippen LogP contribution >= 0.6 is 11.3 Å². The Labute approximate surface area is 176 Å². The van der Waals surface area contributed by atoms with E-state index in [1.165, 1.54) is 11.3 Å². The quantitative estimate of drug-likeness (QED) is 0.497. The third-order valence-electron chi connectivity index (χ3n) is 5.20. The summed E-state index contributed by atoms with van der Waals surface area (Å²) in [6, 6.07) is 9.87. The number of aromatic nitrogens is 2. The van der Waals surface area contributed by atoms with Crippen molar-refractivity contribution in [1.29, 1.82) is 0 Å². The summed E-state index contributed by atoms with van der Waals surface area (Å²) in [5.41, 5.74) is 11.8. The van der Waals surface area contributed by atoms with Gasteiger partial charge in [0.2, 0.25) is 0 Å². The maximum atomic E-state index is 12.5. The number of rotatable bonds is 5. The van der Waals surface area contributed by atoms with Crippen LogP contribution in [0.1, 0.15) is 24.0 Å². The molecule has 3 N–H and O–H groups in total. The molecule has 0 saturated heterocycles. The predicted octanol–water partition coefficient (Wildman–Crippen LogP) is 4.32. The first kappa shape index (κ1) is 19.9. The average Bonchev–Trinajstić information content (AvgIpc) is 3.23. The second-order valence-corrected chi connectivity index (χ2v) is 8.01. The van der Waals surface area contributed by atoms with Crippen LogP contribution in [0.25, 0.3) is 32.2 Å². The minimum absolute atomic E-state index is 0.00445. The van der Waals surface area contributed by atoms with Crippen molar-refractivity contribution in [2.45, 2.75) is 19.8 Å². The molecule has 2 heterocycles. The van der Waals surface area contributed by atoms with Crippen LogP contribution in [0.3, 0.4) is 0 Å². The second-order valence-electron chi connectivity index (χ2n) is 7.16. The van der Waals surface area contributed by atoms with Gasteiger partial charge in [0, 0.05) is 16.9 Å². The van der Waals surface area contributed by atoms with E-state index in [0.717, 1.165) is 33.2 Å². The van der Waals surface area contributed by atoms with Crippen molar-refractivity contribution in [3.8, 4) is 16.9 Å². The SMILES string of the molecule is COc1cc(C)c2[nH]c(=O)c3scnc3c2c1-c1ccc(C(C)COC(N)=O)cc1. The number of H-pyrrole nitrogens is 1. The molecule has 1 atom stereocenters. The zero-order chi connectivity index (χ0) is 21.4. The van der Waals surface area contributed by atoms with Crippen molar-refractivity contribution >= 4 is 38.5 Å². The lowest BCUT2D eigenvalue weighted by Crippen LogP contribution is -2.16. The van der Waals surface area contributed by atoms with E-state index in [1.54, 1.807) is 12.6 Å². The van der Waals surface area contributed by atoms with Gasteiger partial charge in [-0.25, -0.2) is 9.78 Å². The van der Waals surface area contributed by atoms with Gasteiger partial charge in [-0.2, -0.15) is 0 Å². The first-order chi connectivity index (χ1) is 14.4. The Morgan fingerprint density at radius 2 is 2.03 bits per heavy atom. The van der Waals surface area contributed by atoms with Gasteiger partial charge in [0.25, 0.3) is 5.56 Å². The molecule has 7 nitrogen and oxygen atoms in total. The zero-order valence-corrected chi connectivity index (χ0v) is 17.6. The maximum absolute atomic E-state index is 12.5. The van der Waals surface area contributed by atoms with Crippen molar-refractivity contribution < 1.29 is 14.3 Å². The topological polar surface area (TPSA) is 107 Å². The van der Waals surface area contributed by atoms with Gasteiger partial charge in [-0.05, 0) is 29.7 Å². The first-order valence-corrected chi connectivity index (χ1v) is 10.3. The summed E-state index contributed by atoms with van der Waals surface area (Å²) in [4.78, 5) is 30.8. The van der Waals surface area contributed by atoms with Crippen molar-refractivity contribution in [2.75, 3.05) is 13.7 Å². The molecule has 0 aliphatic carbocycles. The minimum Gasteiger partial charge on any atom is -0.496 e. The summed E-state index contributed by atoms with van der Waals surface area (Å²) in [6.07, 6.45) is -0.782. The van der Waals surface area contributed by atoms with Crippen LogP contribution in [0.15, 0.2) is 40.6 Å². The Kier molecular flexibility index (Phi) is 5.17. The van der Waals surface area contributed by atoms with Crippen LogP contribution in [0, 0.1) is 6.92 Å². The maximum Gasteiger partial charge on any atom is 0.404 e. The second kappa shape index (κ2) is 7.79. The number of aryl methyl sites for hydroxylation is 1. The molecule has 0 aliphatic rings. The number of amides is 1. The highest BCUT2D eigenvalue weighted by molar-refractivity contribution is 7.16. The molecule has 1 unspecified atom stereocenters. The molecule has 4 rings (SSSR count). The fourth-order valence-corrected chi connectivity index (χ4v) is 4.36. The number of methoxy groups -OCH3 is 1. The molecule has 1 amide bonds. The highest BCUT2D eigenvalue weighted by atomic mass is 32.1. The number of hydrogen-bond acceptors (Lipinski definition) is 6. The van der Waals surface area contributed by atoms with Gasteiger partial charge in [-0.15, -0.1) is 11.3 Å². The number of aromatic amines is 1. The van der Waals surface area contributed by atoms with Gasteiger partial charge in [-0.3, -0.25) is 4.79 Å². The van der Waals surface area contributed by atoms with Crippen LogP contribution in [-0.2, 0) is 4.74 Å². The third kappa shape index (κ3) is 3.39. The molecule has 4 aromatic rings. The van der Waals surface area contributed by atoms with Gasteiger partial charge in [0.05, 0.1) is 30.3 Å². The number of carbonyl (C=O) groups excluding carboxylic acids is 1. The van der Waals surface area contributed by atoms with E-state index in [2.05, 4.69) is 9.97 Å². The molecule has 0 bridgehead atoms. The number of primary amides is 1. The van der Waals surface area contributed by atoms with Crippen molar-refractivity contribution in [1.82, 2.24) is 9.97 Å². The van der Waals surface area contributed by atoms with E-state index >= 15 is 0 Å². The lowest BCUT2D eigenvalue weighted by atomic mass is 9.93. The molecular formula is C22H21N3O4S. The normalized spacial score (nSPS) is 12.2. The fourth-order valence-electron chi connectivity index (χ4n) is 3.67. The number of nitrogens with two attached hydrogens (primary N) is 1. The van der Waals surface area contributed by atoms with E-state index in [4.69, 9.17) is 15.2 Å². The molecule has 0 saturated carbocycles. The lowest BCUT2D eigenvalue weighted by Gasteiger charge is -2.16. The highest BCUT2D eigenvalue weighted by Crippen LogP contribution is 2.41. The Morgan fingerprint density at radius 1 is 1.30 bits per heavy atom. The zero-order valence-electron chi connectivity index (χ0n) is 16.8. The molecule has 0 aliphatic heterocycles. The number of carbonyl (C=O) groups is 1. The Balaban J connectivity index is 1.90. The summed E-state index contributed by atoms with van der Waals surface area (Å²) in [5.74, 6) is 0.712. The van der Waals surface area contributed by atoms with Crippen molar-refractivity contribution in [2.24, 2.45) is 5.73 Å². The number of thiazole rings is 1. The first-order valence-electron chi connectivity index (χ1n) is 9.40. The molecule has 0 spiro atoms. The van der Waals surface area contributed by atoms with Crippen LogP contribution in [0.2, 0.25) is 0 Å². The monoisotopic (exact) mass is 423 g/mol. The number of nitrogens with one attached hydrogen (secondary N) is 1. The Hall–Kier alpha value is -3.39. The van der Waals surface area contributed by atoms with Crippen LogP contribution in [0.4, 0.5) is 4.79 Å². The number of benzene rings is 2. The molecule has 8 heteroatoms. The lowest BCUT2D eigenvalue weighted by molar-refractivity contribution is 0.151. The van der Waals surface area contributed by atoms with E-state index in [9.17, 15) is 9.59 Å². The summed E-state index contributed by atoms with van der Waals surface area (Å²) in [6.45, 7) is 4.11. The smallest absolute Gasteiger partial charge is 0.404 e. The molecular weight excluding hydrogens is 402 g/mol. The average molecular weight is 423 g/mol. The van der Waals surface area contributed by atoms with Gasteiger partial charge in [-0.1, -0.05) is 31.2 Å². The molecule has 30 heavy (non-hydrogen) atoms. The summed E-state index contributed by atoms with van der Waals surface area (Å²) in [7, 11) is 1.63. The van der Waals surface area contributed by atoms with E-state index in [1.807, 2.05) is 44.2 Å². The Bertz CT molecular complexity index is 1310. The van der Waals surface area contributed by atoms with Gasteiger partial charge < -0.3 is 20.2 Å². The molecule has 2 aromatic carbocycles. The molecule has 0 fully saturated rings. The van der Waals surface area contributed by atoms with E-state index in [0.29, 0.717) is 16.0 Å². The van der Waals surface area contributed by atoms with Crippen molar-refractivity contribution in [3.63, 3.8) is 0 Å². The third-order valence-corrected chi connectivity index (χ3v) is 6.03. The van der Waals surface area contributed by atoms with Crippen LogP contribution < -0.4 is 16.0 Å². The number of fused-ring (bicyclic) bond motifs is 3. The van der Waals surface area contributed by atoms with Gasteiger partial charge >= 0.3 is 6.09 Å².